The van der Waals surface area contributed by atoms with Crippen LogP contribution in [0.25, 0.3) is 11.0 Å². The van der Waals surface area contributed by atoms with Crippen molar-refractivity contribution in [3.05, 3.63) is 62.7 Å². The molecular formula is C21H19BrFN3O4. The molecule has 3 aromatic rings. The molecule has 0 radical (unpaired) electrons. The molecule has 0 aliphatic carbocycles. The van der Waals surface area contributed by atoms with Gasteiger partial charge in [-0.2, -0.15) is 0 Å². The van der Waals surface area contributed by atoms with Crippen molar-refractivity contribution in [3.63, 3.8) is 0 Å². The number of imide groups is 1. The van der Waals surface area contributed by atoms with Crippen molar-refractivity contribution < 1.29 is 18.7 Å². The van der Waals surface area contributed by atoms with E-state index in [0.29, 0.717) is 16.8 Å². The smallest absolute Gasteiger partial charge is 0.329 e. The van der Waals surface area contributed by atoms with Crippen LogP contribution in [-0.4, -0.2) is 33.0 Å². The molecule has 1 atom stereocenters. The molecule has 1 aliphatic rings. The van der Waals surface area contributed by atoms with Crippen molar-refractivity contribution in [3.8, 4) is 5.75 Å². The monoisotopic (exact) mass is 475 g/mol. The second kappa shape index (κ2) is 7.71. The number of hydrogen-bond donors (Lipinski definition) is 0. The zero-order chi connectivity index (χ0) is 21.6. The highest BCUT2D eigenvalue weighted by Gasteiger charge is 2.37. The second-order valence-corrected chi connectivity index (χ2v) is 8.04. The van der Waals surface area contributed by atoms with E-state index in [2.05, 4.69) is 15.9 Å². The van der Waals surface area contributed by atoms with Crippen molar-refractivity contribution >= 4 is 38.8 Å². The summed E-state index contributed by atoms with van der Waals surface area (Å²) < 4.78 is 22.2. The lowest BCUT2D eigenvalue weighted by Gasteiger charge is -2.31. The quantitative estimate of drug-likeness (QED) is 0.543. The molecule has 7 nitrogen and oxygen atoms in total. The zero-order valence-corrected chi connectivity index (χ0v) is 18.0. The average molecular weight is 476 g/mol. The summed E-state index contributed by atoms with van der Waals surface area (Å²) in [5, 5.41) is 0. The zero-order valence-electron chi connectivity index (χ0n) is 16.4. The first-order valence-electron chi connectivity index (χ1n) is 9.35. The van der Waals surface area contributed by atoms with Crippen molar-refractivity contribution in [2.24, 2.45) is 7.05 Å². The Hall–Kier alpha value is -2.94. The molecule has 0 N–H and O–H groups in total. The van der Waals surface area contributed by atoms with Crippen LogP contribution >= 0.6 is 15.9 Å². The molecule has 2 heterocycles. The number of aromatic nitrogens is 2. The van der Waals surface area contributed by atoms with E-state index in [4.69, 9.17) is 4.74 Å². The van der Waals surface area contributed by atoms with Crippen LogP contribution in [0, 0.1) is 5.82 Å². The summed E-state index contributed by atoms with van der Waals surface area (Å²) in [7, 11) is 3.12. The Bertz CT molecular complexity index is 1220. The Morgan fingerprint density at radius 3 is 2.50 bits per heavy atom. The van der Waals surface area contributed by atoms with Gasteiger partial charge in [0.2, 0.25) is 5.91 Å². The Morgan fingerprint density at radius 2 is 1.83 bits per heavy atom. The van der Waals surface area contributed by atoms with Crippen LogP contribution in [-0.2, 0) is 23.2 Å². The first-order chi connectivity index (χ1) is 14.3. The molecule has 2 amide bonds. The Morgan fingerprint density at radius 1 is 1.13 bits per heavy atom. The van der Waals surface area contributed by atoms with E-state index in [9.17, 15) is 18.8 Å². The number of halogens is 2. The summed E-state index contributed by atoms with van der Waals surface area (Å²) in [5.74, 6) is -0.631. The van der Waals surface area contributed by atoms with Crippen LogP contribution in [0.3, 0.4) is 0 Å². The predicted octanol–water partition coefficient (Wildman–Crippen LogP) is 3.14. The maximum Gasteiger partial charge on any atom is 0.329 e. The maximum atomic E-state index is 14.2. The summed E-state index contributed by atoms with van der Waals surface area (Å²) in [6.45, 7) is 0.0948. The highest BCUT2D eigenvalue weighted by atomic mass is 79.9. The highest BCUT2D eigenvalue weighted by molar-refractivity contribution is 9.10. The summed E-state index contributed by atoms with van der Waals surface area (Å²) >= 11 is 3.13. The first kappa shape index (κ1) is 20.3. The lowest BCUT2D eigenvalue weighted by atomic mass is 10.0. The number of benzene rings is 2. The number of methoxy groups -OCH3 is 1. The summed E-state index contributed by atoms with van der Waals surface area (Å²) in [5.41, 5.74) is 1.15. The molecule has 30 heavy (non-hydrogen) atoms. The van der Waals surface area contributed by atoms with E-state index in [1.54, 1.807) is 38.4 Å². The Kier molecular flexibility index (Phi) is 5.23. The number of hydrogen-bond acceptors (Lipinski definition) is 4. The molecule has 1 fully saturated rings. The fourth-order valence-corrected chi connectivity index (χ4v) is 4.13. The van der Waals surface area contributed by atoms with Gasteiger partial charge in [-0.1, -0.05) is 12.1 Å². The van der Waals surface area contributed by atoms with Crippen LogP contribution in [0.1, 0.15) is 24.4 Å². The molecule has 0 saturated carbocycles. The topological polar surface area (TPSA) is 73.5 Å². The largest absolute Gasteiger partial charge is 0.497 e. The highest BCUT2D eigenvalue weighted by Crippen LogP contribution is 2.30. The predicted molar refractivity (Wildman–Crippen MR) is 112 cm³/mol. The standard InChI is InChI=1S/C21H19BrFN3O4/c1-24-17-9-14(22)15(23)10-18(17)26(21(24)29)16-7-8-19(27)25(20(16)28)11-12-3-5-13(30-2)6-4-12/h3-6,9-10,16H,7-8,11H2,1-2H3. The van der Waals surface area contributed by atoms with Gasteiger partial charge in [-0.3, -0.25) is 23.6 Å². The van der Waals surface area contributed by atoms with Gasteiger partial charge in [0.25, 0.3) is 5.91 Å². The number of likely N-dealkylation sites (tertiary alicyclic amines) is 1. The number of fused-ring (bicyclic) bond motifs is 1. The number of imidazole rings is 1. The van der Waals surface area contributed by atoms with Gasteiger partial charge in [0, 0.05) is 19.5 Å². The van der Waals surface area contributed by atoms with E-state index in [1.807, 2.05) is 0 Å². The van der Waals surface area contributed by atoms with Crippen LogP contribution in [0.15, 0.2) is 45.7 Å². The number of carbonyl (C=O) groups is 2. The Labute approximate surface area is 179 Å². The van der Waals surface area contributed by atoms with Crippen LogP contribution in [0.2, 0.25) is 0 Å². The number of carbonyl (C=O) groups excluding carboxylic acids is 2. The summed E-state index contributed by atoms with van der Waals surface area (Å²) in [6, 6.07) is 8.93. The van der Waals surface area contributed by atoms with E-state index in [1.165, 1.54) is 21.3 Å². The van der Waals surface area contributed by atoms with Gasteiger partial charge in [0.15, 0.2) is 0 Å². The molecule has 9 heteroatoms. The van der Waals surface area contributed by atoms with Gasteiger partial charge in [-0.15, -0.1) is 0 Å². The third-order valence-electron chi connectivity index (χ3n) is 5.43. The van der Waals surface area contributed by atoms with E-state index >= 15 is 0 Å². The third-order valence-corrected chi connectivity index (χ3v) is 6.03. The van der Waals surface area contributed by atoms with Crippen molar-refractivity contribution in [1.29, 1.82) is 0 Å². The second-order valence-electron chi connectivity index (χ2n) is 7.19. The van der Waals surface area contributed by atoms with Crippen molar-refractivity contribution in [1.82, 2.24) is 14.0 Å². The minimum absolute atomic E-state index is 0.0948. The number of nitrogens with zero attached hydrogens (tertiary/aromatic N) is 3. The van der Waals surface area contributed by atoms with E-state index in [0.717, 1.165) is 10.5 Å². The van der Waals surface area contributed by atoms with Gasteiger partial charge >= 0.3 is 5.69 Å². The van der Waals surface area contributed by atoms with E-state index < -0.39 is 23.5 Å². The Balaban J connectivity index is 1.72. The van der Waals surface area contributed by atoms with Gasteiger partial charge in [0.05, 0.1) is 29.2 Å². The molecular weight excluding hydrogens is 457 g/mol. The molecule has 156 valence electrons. The number of piperidine rings is 1. The first-order valence-corrected chi connectivity index (χ1v) is 10.1. The SMILES string of the molecule is COc1ccc(CN2C(=O)CCC(n3c(=O)n(C)c4cc(Br)c(F)cc43)C2=O)cc1. The average Bonchev–Trinajstić information content (AvgIpc) is 2.96. The normalized spacial score (nSPS) is 17.1. The lowest BCUT2D eigenvalue weighted by molar-refractivity contribution is -0.151. The molecule has 1 aromatic heterocycles. The van der Waals surface area contributed by atoms with Gasteiger partial charge in [0.1, 0.15) is 17.6 Å². The van der Waals surface area contributed by atoms with Crippen LogP contribution in [0.5, 0.6) is 5.75 Å². The number of amides is 2. The fourth-order valence-electron chi connectivity index (χ4n) is 3.80. The molecule has 4 rings (SSSR count). The molecule has 1 aliphatic heterocycles. The fraction of sp³-hybridized carbons (Fsp3) is 0.286. The van der Waals surface area contributed by atoms with Gasteiger partial charge in [-0.25, -0.2) is 9.18 Å². The summed E-state index contributed by atoms with van der Waals surface area (Å²) in [6.07, 6.45) is 0.307. The van der Waals surface area contributed by atoms with E-state index in [-0.39, 0.29) is 29.8 Å². The van der Waals surface area contributed by atoms with Crippen molar-refractivity contribution in [2.45, 2.75) is 25.4 Å². The van der Waals surface area contributed by atoms with Gasteiger partial charge < -0.3 is 4.74 Å². The number of ether oxygens (including phenoxy) is 1. The molecule has 0 bridgehead atoms. The summed E-state index contributed by atoms with van der Waals surface area (Å²) in [4.78, 5) is 39.8. The minimum atomic E-state index is -0.877. The van der Waals surface area contributed by atoms with Crippen LogP contribution < -0.4 is 10.4 Å². The van der Waals surface area contributed by atoms with Gasteiger partial charge in [-0.05, 0) is 46.1 Å². The van der Waals surface area contributed by atoms with Crippen LogP contribution in [0.4, 0.5) is 4.39 Å². The maximum absolute atomic E-state index is 14.2. The number of aryl methyl sites for hydroxylation is 1. The lowest BCUT2D eigenvalue weighted by Crippen LogP contribution is -2.47. The molecule has 1 saturated heterocycles. The molecule has 0 spiro atoms. The molecule has 1 unspecified atom stereocenters. The minimum Gasteiger partial charge on any atom is -0.497 e. The number of rotatable bonds is 4. The molecule has 2 aromatic carbocycles. The van der Waals surface area contributed by atoms with Crippen molar-refractivity contribution in [2.75, 3.05) is 7.11 Å². The third kappa shape index (κ3) is 3.32.